The Morgan fingerprint density at radius 2 is 2.07 bits per heavy atom. The Balaban J connectivity index is 0.00000169. The summed E-state index contributed by atoms with van der Waals surface area (Å²) in [5.41, 5.74) is 6.19. The minimum absolute atomic E-state index is 0. The minimum atomic E-state index is -3.34. The highest BCUT2D eigenvalue weighted by Gasteiger charge is 2.10. The van der Waals surface area contributed by atoms with E-state index < -0.39 is 10.0 Å². The second-order valence-electron chi connectivity index (χ2n) is 2.56. The first-order valence-electron chi connectivity index (χ1n) is 3.82. The number of hydrogen-bond donors (Lipinski definition) is 2. The third-order valence-corrected chi connectivity index (χ3v) is 3.13. The van der Waals surface area contributed by atoms with Crippen molar-refractivity contribution in [1.29, 1.82) is 0 Å². The Hall–Kier alpha value is -0.620. The van der Waals surface area contributed by atoms with Gasteiger partial charge in [-0.1, -0.05) is 12.1 Å². The molecule has 1 aromatic rings. The van der Waals surface area contributed by atoms with Gasteiger partial charge in [0.05, 0.1) is 4.90 Å². The van der Waals surface area contributed by atoms with Crippen LogP contribution in [0.15, 0.2) is 29.2 Å². The standard InChI is InChI=1S/C8H12N2O2S.ClH/c1-10-13(11,12)8-4-2-3-7(5-8)6-9;/h2-5,10H,6,9H2,1H3;1H. The molecule has 0 aliphatic rings. The Bertz CT molecular complexity index is 392. The number of halogens is 1. The third kappa shape index (κ3) is 2.95. The minimum Gasteiger partial charge on any atom is -0.326 e. The highest BCUT2D eigenvalue weighted by Crippen LogP contribution is 2.10. The van der Waals surface area contributed by atoms with Crippen LogP contribution in [0.5, 0.6) is 0 Å². The van der Waals surface area contributed by atoms with Gasteiger partial charge < -0.3 is 5.73 Å². The molecule has 1 rings (SSSR count). The first-order chi connectivity index (χ1) is 6.10. The van der Waals surface area contributed by atoms with Crippen molar-refractivity contribution in [3.63, 3.8) is 0 Å². The summed E-state index contributed by atoms with van der Waals surface area (Å²) in [5.74, 6) is 0. The maximum absolute atomic E-state index is 11.3. The largest absolute Gasteiger partial charge is 0.326 e. The van der Waals surface area contributed by atoms with Gasteiger partial charge in [0.15, 0.2) is 0 Å². The molecule has 0 radical (unpaired) electrons. The van der Waals surface area contributed by atoms with Crippen molar-refractivity contribution in [2.45, 2.75) is 11.4 Å². The molecule has 0 spiro atoms. The quantitative estimate of drug-likeness (QED) is 0.802. The highest BCUT2D eigenvalue weighted by atomic mass is 35.5. The molecular weight excluding hydrogens is 224 g/mol. The molecular formula is C8H13ClN2O2S. The topological polar surface area (TPSA) is 72.2 Å². The summed E-state index contributed by atoms with van der Waals surface area (Å²) in [6.07, 6.45) is 0. The lowest BCUT2D eigenvalue weighted by Crippen LogP contribution is -2.18. The van der Waals surface area contributed by atoms with E-state index in [1.165, 1.54) is 13.1 Å². The van der Waals surface area contributed by atoms with Crippen LogP contribution in [0.25, 0.3) is 0 Å². The monoisotopic (exact) mass is 236 g/mol. The lowest BCUT2D eigenvalue weighted by molar-refractivity contribution is 0.588. The van der Waals surface area contributed by atoms with E-state index in [0.29, 0.717) is 6.54 Å². The lowest BCUT2D eigenvalue weighted by Gasteiger charge is -2.03. The number of sulfonamides is 1. The third-order valence-electron chi connectivity index (χ3n) is 1.71. The molecule has 4 nitrogen and oxygen atoms in total. The molecule has 0 aliphatic carbocycles. The van der Waals surface area contributed by atoms with E-state index in [9.17, 15) is 8.42 Å². The van der Waals surface area contributed by atoms with Gasteiger partial charge in [-0.3, -0.25) is 0 Å². The summed E-state index contributed by atoms with van der Waals surface area (Å²) in [5, 5.41) is 0. The van der Waals surface area contributed by atoms with Crippen LogP contribution < -0.4 is 10.5 Å². The van der Waals surface area contributed by atoms with Crippen LogP contribution in [0.4, 0.5) is 0 Å². The van der Waals surface area contributed by atoms with Gasteiger partial charge in [-0.05, 0) is 24.7 Å². The Morgan fingerprint density at radius 3 is 2.57 bits per heavy atom. The zero-order valence-electron chi connectivity index (χ0n) is 7.73. The van der Waals surface area contributed by atoms with Gasteiger partial charge in [-0.2, -0.15) is 0 Å². The smallest absolute Gasteiger partial charge is 0.240 e. The molecule has 0 aromatic heterocycles. The van der Waals surface area contributed by atoms with Crippen LogP contribution in [0, 0.1) is 0 Å². The van der Waals surface area contributed by atoms with Gasteiger partial charge >= 0.3 is 0 Å². The number of hydrogen-bond acceptors (Lipinski definition) is 3. The van der Waals surface area contributed by atoms with E-state index >= 15 is 0 Å². The lowest BCUT2D eigenvalue weighted by atomic mass is 10.2. The number of nitrogens with two attached hydrogens (primary N) is 1. The highest BCUT2D eigenvalue weighted by molar-refractivity contribution is 7.89. The number of rotatable bonds is 3. The number of nitrogens with one attached hydrogen (secondary N) is 1. The second-order valence-corrected chi connectivity index (χ2v) is 4.45. The molecule has 0 atom stereocenters. The fraction of sp³-hybridized carbons (Fsp3) is 0.250. The zero-order chi connectivity index (χ0) is 9.90. The van der Waals surface area contributed by atoms with Gasteiger partial charge in [0.2, 0.25) is 10.0 Å². The molecule has 0 bridgehead atoms. The van der Waals surface area contributed by atoms with E-state index in [1.807, 2.05) is 0 Å². The first-order valence-corrected chi connectivity index (χ1v) is 5.31. The van der Waals surface area contributed by atoms with Crippen molar-refractivity contribution in [2.75, 3.05) is 7.05 Å². The first kappa shape index (κ1) is 13.4. The van der Waals surface area contributed by atoms with Crippen molar-refractivity contribution in [3.8, 4) is 0 Å². The molecule has 80 valence electrons. The predicted octanol–water partition coefficient (Wildman–Crippen LogP) is 0.475. The van der Waals surface area contributed by atoms with Gasteiger partial charge in [0.25, 0.3) is 0 Å². The molecule has 0 saturated carbocycles. The van der Waals surface area contributed by atoms with Crippen molar-refractivity contribution in [3.05, 3.63) is 29.8 Å². The summed E-state index contributed by atoms with van der Waals surface area (Å²) >= 11 is 0. The summed E-state index contributed by atoms with van der Waals surface area (Å²) in [6, 6.07) is 6.55. The summed E-state index contributed by atoms with van der Waals surface area (Å²) in [7, 11) is -1.96. The van der Waals surface area contributed by atoms with Crippen molar-refractivity contribution in [1.82, 2.24) is 4.72 Å². The number of benzene rings is 1. The van der Waals surface area contributed by atoms with Gasteiger partial charge in [-0.25, -0.2) is 13.1 Å². The molecule has 0 fully saturated rings. The molecule has 0 amide bonds. The Kier molecular flexibility index (Phi) is 5.07. The molecule has 0 aliphatic heterocycles. The van der Waals surface area contributed by atoms with Crippen LogP contribution in [0.2, 0.25) is 0 Å². The van der Waals surface area contributed by atoms with Gasteiger partial charge in [-0.15, -0.1) is 12.4 Å². The molecule has 0 saturated heterocycles. The van der Waals surface area contributed by atoms with E-state index in [4.69, 9.17) is 5.73 Å². The molecule has 14 heavy (non-hydrogen) atoms. The summed E-state index contributed by atoms with van der Waals surface area (Å²) < 4.78 is 24.9. The molecule has 0 unspecified atom stereocenters. The summed E-state index contributed by atoms with van der Waals surface area (Å²) in [6.45, 7) is 0.340. The van der Waals surface area contributed by atoms with Gasteiger partial charge in [0.1, 0.15) is 0 Å². The SMILES string of the molecule is CNS(=O)(=O)c1cccc(CN)c1.Cl. The molecule has 0 heterocycles. The second kappa shape index (κ2) is 5.31. The molecule has 6 heteroatoms. The Labute approximate surface area is 90.0 Å². The fourth-order valence-electron chi connectivity index (χ4n) is 0.957. The van der Waals surface area contributed by atoms with Crippen molar-refractivity contribution in [2.24, 2.45) is 5.73 Å². The molecule has 1 aromatic carbocycles. The van der Waals surface area contributed by atoms with Crippen molar-refractivity contribution >= 4 is 22.4 Å². The maximum Gasteiger partial charge on any atom is 0.240 e. The molecule has 3 N–H and O–H groups in total. The average molecular weight is 237 g/mol. The van der Waals surface area contributed by atoms with Crippen molar-refractivity contribution < 1.29 is 8.42 Å². The fourth-order valence-corrected chi connectivity index (χ4v) is 1.76. The average Bonchev–Trinajstić information content (AvgIpc) is 2.18. The van der Waals surface area contributed by atoms with Gasteiger partial charge in [0, 0.05) is 6.54 Å². The van der Waals surface area contributed by atoms with E-state index in [1.54, 1.807) is 18.2 Å². The Morgan fingerprint density at radius 1 is 1.43 bits per heavy atom. The van der Waals surface area contributed by atoms with E-state index in [0.717, 1.165) is 5.56 Å². The van der Waals surface area contributed by atoms with Crippen LogP contribution in [0.1, 0.15) is 5.56 Å². The maximum atomic E-state index is 11.3. The van der Waals surface area contributed by atoms with E-state index in [-0.39, 0.29) is 17.3 Å². The normalized spacial score (nSPS) is 10.7. The summed E-state index contributed by atoms with van der Waals surface area (Å²) in [4.78, 5) is 0.248. The zero-order valence-corrected chi connectivity index (χ0v) is 9.36. The van der Waals surface area contributed by atoms with Crippen LogP contribution in [-0.4, -0.2) is 15.5 Å². The predicted molar refractivity (Wildman–Crippen MR) is 57.8 cm³/mol. The van der Waals surface area contributed by atoms with E-state index in [2.05, 4.69) is 4.72 Å². The van der Waals surface area contributed by atoms with Crippen LogP contribution >= 0.6 is 12.4 Å². The van der Waals surface area contributed by atoms with Crippen LogP contribution in [-0.2, 0) is 16.6 Å². The van der Waals surface area contributed by atoms with Crippen LogP contribution in [0.3, 0.4) is 0 Å².